The molecule has 4 rings (SSSR count). The van der Waals surface area contributed by atoms with E-state index in [2.05, 4.69) is 22.0 Å². The first-order chi connectivity index (χ1) is 10.9. The van der Waals surface area contributed by atoms with Crippen molar-refractivity contribution >= 4 is 21.3 Å². The molecule has 0 radical (unpaired) electrons. The minimum absolute atomic E-state index is 0.211. The fourth-order valence-electron chi connectivity index (χ4n) is 3.35. The van der Waals surface area contributed by atoms with Crippen LogP contribution in [-0.4, -0.2) is 52.8 Å². The lowest BCUT2D eigenvalue weighted by Gasteiger charge is -2.31. The highest BCUT2D eigenvalue weighted by Gasteiger charge is 2.38. The van der Waals surface area contributed by atoms with Crippen molar-refractivity contribution in [3.63, 3.8) is 0 Å². The monoisotopic (exact) mass is 335 g/mol. The average Bonchev–Trinajstić information content (AvgIpc) is 3.10. The Bertz CT molecular complexity index is 833. The third-order valence-corrected chi connectivity index (χ3v) is 6.86. The summed E-state index contributed by atoms with van der Waals surface area (Å²) in [5, 5.41) is 13.2. The maximum absolute atomic E-state index is 11.6. The molecular weight excluding hydrogens is 314 g/mol. The Balaban J connectivity index is 1.61. The molecule has 2 aliphatic rings. The van der Waals surface area contributed by atoms with Gasteiger partial charge in [0.1, 0.15) is 15.7 Å². The van der Waals surface area contributed by atoms with Gasteiger partial charge in [0.05, 0.1) is 11.5 Å². The van der Waals surface area contributed by atoms with E-state index >= 15 is 0 Å². The Hall–Kier alpha value is -1.70. The summed E-state index contributed by atoms with van der Waals surface area (Å²) in [6.45, 7) is 2.21. The molecule has 2 aromatic heterocycles. The van der Waals surface area contributed by atoms with E-state index in [1.165, 1.54) is 0 Å². The first-order valence-corrected chi connectivity index (χ1v) is 9.92. The van der Waals surface area contributed by atoms with Crippen LogP contribution in [0.3, 0.4) is 0 Å². The van der Waals surface area contributed by atoms with Crippen LogP contribution in [-0.2, 0) is 9.84 Å². The number of aromatic nitrogens is 4. The number of hydrogen-bond acceptors (Lipinski definition) is 6. The van der Waals surface area contributed by atoms with Gasteiger partial charge in [-0.15, -0.1) is 15.3 Å². The highest BCUT2D eigenvalue weighted by Crippen LogP contribution is 2.45. The molecule has 1 saturated heterocycles. The summed E-state index contributed by atoms with van der Waals surface area (Å²) in [5.41, 5.74) is 0.766. The first-order valence-electron chi connectivity index (χ1n) is 8.10. The van der Waals surface area contributed by atoms with Gasteiger partial charge in [0.25, 0.3) is 0 Å². The third kappa shape index (κ3) is 2.69. The number of nitrogens with zero attached hydrogens (tertiary/aromatic N) is 5. The summed E-state index contributed by atoms with van der Waals surface area (Å²) in [5.74, 6) is 3.42. The fourth-order valence-corrected chi connectivity index (χ4v) is 4.82. The van der Waals surface area contributed by atoms with Crippen LogP contribution in [0.4, 0.5) is 5.82 Å². The molecule has 0 N–H and O–H groups in total. The predicted octanol–water partition coefficient (Wildman–Crippen LogP) is 1.26. The first kappa shape index (κ1) is 14.9. The van der Waals surface area contributed by atoms with E-state index in [1.54, 1.807) is 0 Å². The van der Waals surface area contributed by atoms with Crippen molar-refractivity contribution in [1.29, 1.82) is 0 Å². The van der Waals surface area contributed by atoms with Crippen LogP contribution >= 0.6 is 0 Å². The zero-order valence-electron chi connectivity index (χ0n) is 13.4. The SMILES string of the molecule is CC1CC1c1nnc2ccc(N(C)C3CCS(=O)(=O)CC3)nn12. The zero-order chi connectivity index (χ0) is 16.2. The van der Waals surface area contributed by atoms with Gasteiger partial charge < -0.3 is 4.90 Å². The molecule has 2 atom stereocenters. The molecule has 8 heteroatoms. The van der Waals surface area contributed by atoms with Crippen LogP contribution < -0.4 is 4.90 Å². The van der Waals surface area contributed by atoms with Gasteiger partial charge in [-0.3, -0.25) is 0 Å². The summed E-state index contributed by atoms with van der Waals surface area (Å²) in [6, 6.07) is 4.08. The van der Waals surface area contributed by atoms with Crippen LogP contribution in [0.5, 0.6) is 0 Å². The quantitative estimate of drug-likeness (QED) is 0.840. The van der Waals surface area contributed by atoms with E-state index in [4.69, 9.17) is 5.10 Å². The molecule has 2 unspecified atom stereocenters. The number of fused-ring (bicyclic) bond motifs is 1. The molecule has 3 heterocycles. The van der Waals surface area contributed by atoms with Gasteiger partial charge in [-0.25, -0.2) is 8.42 Å². The molecule has 0 aromatic carbocycles. The van der Waals surface area contributed by atoms with E-state index < -0.39 is 9.84 Å². The Morgan fingerprint density at radius 3 is 2.57 bits per heavy atom. The fraction of sp³-hybridized carbons (Fsp3) is 0.667. The predicted molar refractivity (Wildman–Crippen MR) is 87.4 cm³/mol. The lowest BCUT2D eigenvalue weighted by atomic mass is 10.1. The van der Waals surface area contributed by atoms with E-state index in [0.717, 1.165) is 23.7 Å². The second-order valence-corrected chi connectivity index (χ2v) is 9.14. The van der Waals surface area contributed by atoms with Gasteiger partial charge in [0.2, 0.25) is 0 Å². The van der Waals surface area contributed by atoms with Crippen molar-refractivity contribution in [2.45, 2.75) is 38.1 Å². The zero-order valence-corrected chi connectivity index (χ0v) is 14.2. The molecular formula is C15H21N5O2S. The van der Waals surface area contributed by atoms with Crippen molar-refractivity contribution < 1.29 is 8.42 Å². The number of anilines is 1. The molecule has 1 aliphatic carbocycles. The third-order valence-electron chi connectivity index (χ3n) is 5.15. The largest absolute Gasteiger partial charge is 0.355 e. The molecule has 2 aromatic rings. The average molecular weight is 335 g/mol. The highest BCUT2D eigenvalue weighted by molar-refractivity contribution is 7.91. The van der Waals surface area contributed by atoms with Crippen LogP contribution in [0, 0.1) is 5.92 Å². The van der Waals surface area contributed by atoms with Crippen molar-refractivity contribution in [3.8, 4) is 0 Å². The van der Waals surface area contributed by atoms with Crippen LogP contribution in [0.1, 0.15) is 37.9 Å². The van der Waals surface area contributed by atoms with Crippen molar-refractivity contribution in [3.05, 3.63) is 18.0 Å². The van der Waals surface area contributed by atoms with E-state index in [0.29, 0.717) is 24.7 Å². The lowest BCUT2D eigenvalue weighted by molar-refractivity contribution is 0.529. The van der Waals surface area contributed by atoms with Crippen molar-refractivity contribution in [2.24, 2.45) is 5.92 Å². The number of sulfone groups is 1. The maximum Gasteiger partial charge on any atom is 0.178 e. The van der Waals surface area contributed by atoms with Crippen LogP contribution in [0.2, 0.25) is 0 Å². The standard InChI is InChI=1S/C15H21N5O2S/c1-10-9-12(10)15-17-16-13-3-4-14(18-20(13)15)19(2)11-5-7-23(21,22)8-6-11/h3-4,10-12H,5-9H2,1-2H3. The van der Waals surface area contributed by atoms with Gasteiger partial charge in [0, 0.05) is 19.0 Å². The van der Waals surface area contributed by atoms with Gasteiger partial charge in [0.15, 0.2) is 11.5 Å². The molecule has 0 spiro atoms. The topological polar surface area (TPSA) is 80.5 Å². The molecule has 1 aliphatic heterocycles. The molecule has 124 valence electrons. The van der Waals surface area contributed by atoms with E-state index in [-0.39, 0.29) is 17.5 Å². The molecule has 23 heavy (non-hydrogen) atoms. The van der Waals surface area contributed by atoms with E-state index in [1.807, 2.05) is 23.7 Å². The van der Waals surface area contributed by atoms with Gasteiger partial charge >= 0.3 is 0 Å². The summed E-state index contributed by atoms with van der Waals surface area (Å²) < 4.78 is 25.0. The second kappa shape index (κ2) is 5.15. The molecule has 0 bridgehead atoms. The number of rotatable bonds is 3. The molecule has 7 nitrogen and oxygen atoms in total. The smallest absolute Gasteiger partial charge is 0.178 e. The summed E-state index contributed by atoms with van der Waals surface area (Å²) in [7, 11) is -0.859. The summed E-state index contributed by atoms with van der Waals surface area (Å²) in [6.07, 6.45) is 2.46. The van der Waals surface area contributed by atoms with Gasteiger partial charge in [-0.2, -0.15) is 4.52 Å². The van der Waals surface area contributed by atoms with Gasteiger partial charge in [-0.1, -0.05) is 6.92 Å². The Kier molecular flexibility index (Phi) is 3.33. The second-order valence-electron chi connectivity index (χ2n) is 6.83. The minimum Gasteiger partial charge on any atom is -0.355 e. The van der Waals surface area contributed by atoms with Crippen LogP contribution in [0.15, 0.2) is 12.1 Å². The highest BCUT2D eigenvalue weighted by atomic mass is 32.2. The summed E-state index contributed by atoms with van der Waals surface area (Å²) in [4.78, 5) is 2.09. The van der Waals surface area contributed by atoms with Gasteiger partial charge in [-0.05, 0) is 37.3 Å². The number of hydrogen-bond donors (Lipinski definition) is 0. The Morgan fingerprint density at radius 2 is 1.91 bits per heavy atom. The molecule has 1 saturated carbocycles. The molecule has 2 fully saturated rings. The Morgan fingerprint density at radius 1 is 1.22 bits per heavy atom. The van der Waals surface area contributed by atoms with E-state index in [9.17, 15) is 8.42 Å². The normalized spacial score (nSPS) is 27.2. The maximum atomic E-state index is 11.6. The van der Waals surface area contributed by atoms with Crippen molar-refractivity contribution in [1.82, 2.24) is 19.8 Å². The minimum atomic E-state index is -2.85. The van der Waals surface area contributed by atoms with Crippen LogP contribution in [0.25, 0.3) is 5.65 Å². The summed E-state index contributed by atoms with van der Waals surface area (Å²) >= 11 is 0. The Labute approximate surface area is 135 Å². The van der Waals surface area contributed by atoms with Crippen molar-refractivity contribution in [2.75, 3.05) is 23.5 Å². The molecule has 0 amide bonds. The lowest BCUT2D eigenvalue weighted by Crippen LogP contribution is -2.39.